The molecule has 0 spiro atoms. The van der Waals surface area contributed by atoms with Crippen LogP contribution in [0.5, 0.6) is 0 Å². The van der Waals surface area contributed by atoms with E-state index in [9.17, 15) is 8.42 Å². The molecule has 0 aromatic heterocycles. The molecule has 1 aliphatic heterocycles. The van der Waals surface area contributed by atoms with Gasteiger partial charge in [-0.05, 0) is 50.3 Å². The summed E-state index contributed by atoms with van der Waals surface area (Å²) in [5, 5.41) is 7.71. The highest BCUT2D eigenvalue weighted by atomic mass is 127. The van der Waals surface area contributed by atoms with Crippen LogP contribution in [-0.2, 0) is 10.0 Å². The lowest BCUT2D eigenvalue weighted by molar-refractivity contribution is 0.280. The van der Waals surface area contributed by atoms with Crippen molar-refractivity contribution in [1.29, 1.82) is 0 Å². The number of guanidine groups is 1. The Hall–Kier alpha value is -0.290. The van der Waals surface area contributed by atoms with Gasteiger partial charge in [-0.1, -0.05) is 29.3 Å². The van der Waals surface area contributed by atoms with E-state index >= 15 is 0 Å². The van der Waals surface area contributed by atoms with Gasteiger partial charge in [0.15, 0.2) is 5.96 Å². The van der Waals surface area contributed by atoms with Crippen molar-refractivity contribution >= 4 is 63.2 Å². The summed E-state index contributed by atoms with van der Waals surface area (Å²) in [6, 6.07) is 5.60. The third-order valence-electron chi connectivity index (χ3n) is 4.69. The van der Waals surface area contributed by atoms with Crippen molar-refractivity contribution in [2.45, 2.75) is 32.7 Å². The molecule has 0 saturated carbocycles. The van der Waals surface area contributed by atoms with E-state index in [1.54, 1.807) is 10.4 Å². The predicted octanol–water partition coefficient (Wildman–Crippen LogP) is 3.90. The van der Waals surface area contributed by atoms with E-state index in [4.69, 9.17) is 28.2 Å². The Bertz CT molecular complexity index is 769. The van der Waals surface area contributed by atoms with Crippen molar-refractivity contribution in [2.75, 3.05) is 32.4 Å². The second-order valence-electron chi connectivity index (χ2n) is 6.86. The van der Waals surface area contributed by atoms with Crippen LogP contribution in [0, 0.1) is 5.92 Å². The second kappa shape index (κ2) is 11.8. The van der Waals surface area contributed by atoms with Gasteiger partial charge in [-0.25, -0.2) is 12.7 Å². The van der Waals surface area contributed by atoms with E-state index < -0.39 is 10.0 Å². The van der Waals surface area contributed by atoms with E-state index in [0.717, 1.165) is 30.9 Å². The third kappa shape index (κ3) is 7.85. The number of rotatable bonds is 6. The van der Waals surface area contributed by atoms with Gasteiger partial charge in [0.25, 0.3) is 0 Å². The Balaban J connectivity index is 0.00000392. The molecule has 1 heterocycles. The first kappa shape index (κ1) is 25.7. The Morgan fingerprint density at radius 1 is 1.29 bits per heavy atom. The molecular weight excluding hydrogens is 534 g/mol. The van der Waals surface area contributed by atoms with Crippen LogP contribution < -0.4 is 10.6 Å². The van der Waals surface area contributed by atoms with Crippen LogP contribution in [0.3, 0.4) is 0 Å². The first-order valence-electron chi connectivity index (χ1n) is 9.15. The van der Waals surface area contributed by atoms with Gasteiger partial charge < -0.3 is 10.6 Å². The summed E-state index contributed by atoms with van der Waals surface area (Å²) in [6.45, 7) is 6.63. The Morgan fingerprint density at radius 3 is 2.46 bits per heavy atom. The fraction of sp³-hybridized carbons (Fsp3) is 0.611. The SMILES string of the molecule is CCNC(=NCC1CCN(S(C)(=O)=O)CC1)NC(C)c1ccc(Cl)c(Cl)c1.I. The number of benzene rings is 1. The van der Waals surface area contributed by atoms with E-state index in [0.29, 0.717) is 35.6 Å². The molecule has 28 heavy (non-hydrogen) atoms. The summed E-state index contributed by atoms with van der Waals surface area (Å²) in [4.78, 5) is 4.70. The van der Waals surface area contributed by atoms with E-state index in [-0.39, 0.29) is 30.0 Å². The summed E-state index contributed by atoms with van der Waals surface area (Å²) < 4.78 is 24.8. The molecule has 0 aliphatic carbocycles. The highest BCUT2D eigenvalue weighted by Gasteiger charge is 2.24. The van der Waals surface area contributed by atoms with Gasteiger partial charge in [-0.15, -0.1) is 24.0 Å². The van der Waals surface area contributed by atoms with Crippen LogP contribution >= 0.6 is 47.2 Å². The largest absolute Gasteiger partial charge is 0.357 e. The van der Waals surface area contributed by atoms with Gasteiger partial charge in [0.05, 0.1) is 22.3 Å². The zero-order chi connectivity index (χ0) is 20.0. The molecule has 10 heteroatoms. The Kier molecular flexibility index (Phi) is 10.8. The van der Waals surface area contributed by atoms with Gasteiger partial charge in [0, 0.05) is 26.2 Å². The second-order valence-corrected chi connectivity index (χ2v) is 9.66. The third-order valence-corrected chi connectivity index (χ3v) is 6.73. The lowest BCUT2D eigenvalue weighted by Crippen LogP contribution is -2.40. The van der Waals surface area contributed by atoms with Gasteiger partial charge in [0.2, 0.25) is 10.0 Å². The van der Waals surface area contributed by atoms with Crippen molar-refractivity contribution in [3.63, 3.8) is 0 Å². The summed E-state index contributed by atoms with van der Waals surface area (Å²) in [5.41, 5.74) is 1.02. The summed E-state index contributed by atoms with van der Waals surface area (Å²) >= 11 is 12.1. The Labute approximate surface area is 195 Å². The van der Waals surface area contributed by atoms with E-state index in [2.05, 4.69) is 10.6 Å². The van der Waals surface area contributed by atoms with Crippen molar-refractivity contribution in [2.24, 2.45) is 10.9 Å². The van der Waals surface area contributed by atoms with Crippen molar-refractivity contribution in [3.05, 3.63) is 33.8 Å². The van der Waals surface area contributed by atoms with Gasteiger partial charge in [-0.3, -0.25) is 4.99 Å². The molecule has 6 nitrogen and oxygen atoms in total. The molecule has 1 saturated heterocycles. The first-order valence-corrected chi connectivity index (χ1v) is 11.8. The molecule has 1 aromatic carbocycles. The number of nitrogens with zero attached hydrogens (tertiary/aromatic N) is 2. The smallest absolute Gasteiger partial charge is 0.211 e. The van der Waals surface area contributed by atoms with Crippen molar-refractivity contribution in [3.8, 4) is 0 Å². The zero-order valence-corrected chi connectivity index (χ0v) is 21.1. The molecule has 0 bridgehead atoms. The normalized spacial score (nSPS) is 17.7. The van der Waals surface area contributed by atoms with E-state index in [1.165, 1.54) is 6.26 Å². The highest BCUT2D eigenvalue weighted by molar-refractivity contribution is 14.0. The number of hydrogen-bond donors (Lipinski definition) is 2. The number of hydrogen-bond acceptors (Lipinski definition) is 3. The minimum Gasteiger partial charge on any atom is -0.357 e. The average molecular weight is 563 g/mol. The topological polar surface area (TPSA) is 73.8 Å². The zero-order valence-electron chi connectivity index (χ0n) is 16.4. The molecule has 1 unspecified atom stereocenters. The van der Waals surface area contributed by atoms with Crippen LogP contribution in [0.15, 0.2) is 23.2 Å². The molecule has 160 valence electrons. The van der Waals surface area contributed by atoms with Crippen LogP contribution in [-0.4, -0.2) is 51.1 Å². The number of piperidine rings is 1. The van der Waals surface area contributed by atoms with Gasteiger partial charge >= 0.3 is 0 Å². The molecule has 1 aromatic rings. The summed E-state index contributed by atoms with van der Waals surface area (Å²) in [5.74, 6) is 1.13. The summed E-state index contributed by atoms with van der Waals surface area (Å²) in [7, 11) is -3.09. The first-order chi connectivity index (χ1) is 12.7. The van der Waals surface area contributed by atoms with Crippen LogP contribution in [0.2, 0.25) is 10.0 Å². The monoisotopic (exact) mass is 562 g/mol. The number of aliphatic imine (C=N–C) groups is 1. The quantitative estimate of drug-likeness (QED) is 0.313. The molecule has 2 N–H and O–H groups in total. The molecule has 1 fully saturated rings. The lowest BCUT2D eigenvalue weighted by Gasteiger charge is -2.29. The molecule has 1 aliphatic rings. The molecule has 0 amide bonds. The minimum atomic E-state index is -3.09. The number of nitrogens with one attached hydrogen (secondary N) is 2. The fourth-order valence-electron chi connectivity index (χ4n) is 3.03. The minimum absolute atomic E-state index is 0. The maximum absolute atomic E-state index is 11.6. The van der Waals surface area contributed by atoms with Crippen molar-refractivity contribution < 1.29 is 8.42 Å². The fourth-order valence-corrected chi connectivity index (χ4v) is 4.21. The van der Waals surface area contributed by atoms with Gasteiger partial charge in [0.1, 0.15) is 0 Å². The van der Waals surface area contributed by atoms with Crippen LogP contribution in [0.1, 0.15) is 38.3 Å². The van der Waals surface area contributed by atoms with Crippen molar-refractivity contribution in [1.82, 2.24) is 14.9 Å². The lowest BCUT2D eigenvalue weighted by atomic mass is 9.98. The predicted molar refractivity (Wildman–Crippen MR) is 129 cm³/mol. The standard InChI is InChI=1S/C18H28Cl2N4O2S.HI/c1-4-21-18(23-13(2)15-5-6-16(19)17(20)11-15)22-12-14-7-9-24(10-8-14)27(3,25)26;/h5-6,11,13-14H,4,7-10,12H2,1-3H3,(H2,21,22,23);1H. The highest BCUT2D eigenvalue weighted by Crippen LogP contribution is 2.25. The molecule has 2 rings (SSSR count). The molecular formula is C18H29Cl2IN4O2S. The van der Waals surface area contributed by atoms with Crippen LogP contribution in [0.25, 0.3) is 0 Å². The maximum Gasteiger partial charge on any atom is 0.211 e. The Morgan fingerprint density at radius 2 is 1.93 bits per heavy atom. The average Bonchev–Trinajstić information content (AvgIpc) is 2.61. The van der Waals surface area contributed by atoms with Gasteiger partial charge in [-0.2, -0.15) is 0 Å². The molecule has 1 atom stereocenters. The molecule has 0 radical (unpaired) electrons. The maximum atomic E-state index is 11.6. The van der Waals surface area contributed by atoms with E-state index in [1.807, 2.05) is 26.0 Å². The van der Waals surface area contributed by atoms with Crippen LogP contribution in [0.4, 0.5) is 0 Å². The summed E-state index contributed by atoms with van der Waals surface area (Å²) in [6.07, 6.45) is 2.93. The number of halogens is 3. The number of sulfonamides is 1.